The monoisotopic (exact) mass is 248 g/mol. The maximum atomic E-state index is 5.42. The van der Waals surface area contributed by atoms with Gasteiger partial charge in [-0.1, -0.05) is 11.2 Å². The Morgan fingerprint density at radius 3 is 2.94 bits per heavy atom. The minimum absolute atomic E-state index is 0.336. The molecule has 0 fully saturated rings. The van der Waals surface area contributed by atoms with Crippen molar-refractivity contribution in [1.82, 2.24) is 10.2 Å². The lowest BCUT2D eigenvalue weighted by molar-refractivity contribution is 0.416. The highest BCUT2D eigenvalue weighted by Crippen LogP contribution is 2.27. The van der Waals surface area contributed by atoms with Gasteiger partial charge in [0.15, 0.2) is 0 Å². The first-order valence-electron chi connectivity index (χ1n) is 5.67. The molecule has 3 N–H and O–H groups in total. The molecular weight excluding hydrogens is 232 g/mol. The zero-order valence-corrected chi connectivity index (χ0v) is 10.4. The summed E-state index contributed by atoms with van der Waals surface area (Å²) < 4.78 is 10.7. The van der Waals surface area contributed by atoms with Gasteiger partial charge in [0.25, 0.3) is 0 Å². The van der Waals surface area contributed by atoms with Crippen molar-refractivity contribution in [2.24, 2.45) is 5.73 Å². The van der Waals surface area contributed by atoms with Gasteiger partial charge >= 0.3 is 6.01 Å². The molecule has 96 valence electrons. The summed E-state index contributed by atoms with van der Waals surface area (Å²) in [7, 11) is 1.61. The molecule has 1 aromatic carbocycles. The summed E-state index contributed by atoms with van der Waals surface area (Å²) in [4.78, 5) is 0. The van der Waals surface area contributed by atoms with E-state index in [1.165, 1.54) is 0 Å². The molecule has 2 aromatic rings. The number of hydrogen-bond acceptors (Lipinski definition) is 6. The number of rotatable bonds is 5. The number of nitrogens with one attached hydrogen (secondary N) is 1. The minimum Gasteiger partial charge on any atom is -0.495 e. The van der Waals surface area contributed by atoms with Crippen molar-refractivity contribution >= 4 is 11.7 Å². The SMILES string of the molecule is COc1ccc(C)cc1Nc1nnc(CCN)o1. The van der Waals surface area contributed by atoms with Crippen LogP contribution in [0, 0.1) is 6.92 Å². The van der Waals surface area contributed by atoms with E-state index in [2.05, 4.69) is 15.5 Å². The Labute approximate surface area is 105 Å². The van der Waals surface area contributed by atoms with Crippen molar-refractivity contribution in [2.45, 2.75) is 13.3 Å². The lowest BCUT2D eigenvalue weighted by Crippen LogP contribution is -2.02. The van der Waals surface area contributed by atoms with E-state index in [1.807, 2.05) is 25.1 Å². The lowest BCUT2D eigenvalue weighted by Gasteiger charge is -2.08. The first-order chi connectivity index (χ1) is 8.72. The molecule has 0 bridgehead atoms. The first kappa shape index (κ1) is 12.4. The van der Waals surface area contributed by atoms with Gasteiger partial charge in [-0.05, 0) is 24.6 Å². The number of hydrogen-bond donors (Lipinski definition) is 2. The molecule has 0 spiro atoms. The molecule has 0 saturated carbocycles. The molecule has 0 aliphatic rings. The molecule has 6 nitrogen and oxygen atoms in total. The van der Waals surface area contributed by atoms with Gasteiger partial charge in [0.05, 0.1) is 12.8 Å². The van der Waals surface area contributed by atoms with Crippen LogP contribution >= 0.6 is 0 Å². The Hall–Kier alpha value is -2.08. The van der Waals surface area contributed by atoms with Crippen LogP contribution in [0.3, 0.4) is 0 Å². The Balaban J connectivity index is 2.19. The average Bonchev–Trinajstić information content (AvgIpc) is 2.77. The molecule has 1 aromatic heterocycles. The van der Waals surface area contributed by atoms with Gasteiger partial charge in [-0.2, -0.15) is 0 Å². The van der Waals surface area contributed by atoms with E-state index in [1.54, 1.807) is 7.11 Å². The van der Waals surface area contributed by atoms with E-state index in [0.29, 0.717) is 24.9 Å². The molecule has 0 aliphatic carbocycles. The number of anilines is 2. The Bertz CT molecular complexity index is 525. The third kappa shape index (κ3) is 2.78. The van der Waals surface area contributed by atoms with Gasteiger partial charge in [0.1, 0.15) is 5.75 Å². The molecule has 0 radical (unpaired) electrons. The van der Waals surface area contributed by atoms with Gasteiger partial charge in [0.2, 0.25) is 5.89 Å². The smallest absolute Gasteiger partial charge is 0.320 e. The summed E-state index contributed by atoms with van der Waals surface area (Å²) in [5, 5.41) is 10.8. The maximum Gasteiger partial charge on any atom is 0.320 e. The Kier molecular flexibility index (Phi) is 3.78. The van der Waals surface area contributed by atoms with Crippen LogP contribution in [0.1, 0.15) is 11.5 Å². The number of aromatic nitrogens is 2. The van der Waals surface area contributed by atoms with Gasteiger partial charge in [-0.15, -0.1) is 5.10 Å². The number of benzene rings is 1. The van der Waals surface area contributed by atoms with Gasteiger partial charge in [-0.3, -0.25) is 0 Å². The van der Waals surface area contributed by atoms with E-state index in [9.17, 15) is 0 Å². The second-order valence-corrected chi connectivity index (χ2v) is 3.87. The lowest BCUT2D eigenvalue weighted by atomic mass is 10.2. The topological polar surface area (TPSA) is 86.2 Å². The third-order valence-electron chi connectivity index (χ3n) is 2.42. The van der Waals surface area contributed by atoms with Crippen molar-refractivity contribution in [1.29, 1.82) is 0 Å². The van der Waals surface area contributed by atoms with E-state index in [0.717, 1.165) is 17.0 Å². The fourth-order valence-electron chi connectivity index (χ4n) is 1.56. The highest BCUT2D eigenvalue weighted by atomic mass is 16.5. The second kappa shape index (κ2) is 5.50. The van der Waals surface area contributed by atoms with Gasteiger partial charge in [0, 0.05) is 13.0 Å². The fraction of sp³-hybridized carbons (Fsp3) is 0.333. The highest BCUT2D eigenvalue weighted by Gasteiger charge is 2.09. The first-order valence-corrected chi connectivity index (χ1v) is 5.67. The molecule has 1 heterocycles. The molecule has 0 unspecified atom stereocenters. The zero-order chi connectivity index (χ0) is 13.0. The molecule has 2 rings (SSSR count). The van der Waals surface area contributed by atoms with E-state index in [-0.39, 0.29) is 0 Å². The van der Waals surface area contributed by atoms with Crippen LogP contribution in [0.25, 0.3) is 0 Å². The summed E-state index contributed by atoms with van der Waals surface area (Å²) in [6.45, 7) is 2.48. The summed E-state index contributed by atoms with van der Waals surface area (Å²) in [6, 6.07) is 6.14. The summed E-state index contributed by atoms with van der Waals surface area (Å²) in [5.41, 5.74) is 7.32. The number of nitrogens with two attached hydrogens (primary N) is 1. The maximum absolute atomic E-state index is 5.42. The van der Waals surface area contributed by atoms with Crippen molar-refractivity contribution < 1.29 is 9.15 Å². The van der Waals surface area contributed by atoms with E-state index < -0.39 is 0 Å². The third-order valence-corrected chi connectivity index (χ3v) is 2.42. The van der Waals surface area contributed by atoms with Crippen LogP contribution in [0.5, 0.6) is 5.75 Å². The molecule has 6 heteroatoms. The highest BCUT2D eigenvalue weighted by molar-refractivity contribution is 5.62. The fourth-order valence-corrected chi connectivity index (χ4v) is 1.56. The largest absolute Gasteiger partial charge is 0.495 e. The normalized spacial score (nSPS) is 10.4. The molecule has 0 amide bonds. The Morgan fingerprint density at radius 2 is 2.22 bits per heavy atom. The molecule has 18 heavy (non-hydrogen) atoms. The quantitative estimate of drug-likeness (QED) is 0.836. The molecule has 0 saturated heterocycles. The average molecular weight is 248 g/mol. The van der Waals surface area contributed by atoms with Crippen LogP contribution in [0.2, 0.25) is 0 Å². The van der Waals surface area contributed by atoms with E-state index in [4.69, 9.17) is 14.9 Å². The van der Waals surface area contributed by atoms with Crippen LogP contribution < -0.4 is 15.8 Å². The van der Waals surface area contributed by atoms with Crippen LogP contribution in [-0.4, -0.2) is 23.9 Å². The zero-order valence-electron chi connectivity index (χ0n) is 10.4. The molecule has 0 aliphatic heterocycles. The Morgan fingerprint density at radius 1 is 1.39 bits per heavy atom. The predicted molar refractivity (Wildman–Crippen MR) is 68.1 cm³/mol. The summed E-state index contributed by atoms with van der Waals surface area (Å²) in [5.74, 6) is 1.24. The second-order valence-electron chi connectivity index (χ2n) is 3.87. The van der Waals surface area contributed by atoms with Crippen LogP contribution in [0.15, 0.2) is 22.6 Å². The van der Waals surface area contributed by atoms with Crippen LogP contribution in [0.4, 0.5) is 11.7 Å². The number of nitrogens with zero attached hydrogens (tertiary/aromatic N) is 2. The van der Waals surface area contributed by atoms with Crippen molar-refractivity contribution in [3.63, 3.8) is 0 Å². The predicted octanol–water partition coefficient (Wildman–Crippen LogP) is 1.63. The molecule has 0 atom stereocenters. The van der Waals surface area contributed by atoms with Crippen molar-refractivity contribution in [3.05, 3.63) is 29.7 Å². The number of aryl methyl sites for hydroxylation is 1. The standard InChI is InChI=1S/C12H16N4O2/c1-8-3-4-10(17-2)9(7-8)14-12-16-15-11(18-12)5-6-13/h3-4,7H,5-6,13H2,1-2H3,(H,14,16). The number of methoxy groups -OCH3 is 1. The van der Waals surface area contributed by atoms with Gasteiger partial charge < -0.3 is 20.2 Å². The number of ether oxygens (including phenoxy) is 1. The summed E-state index contributed by atoms with van der Waals surface area (Å²) >= 11 is 0. The van der Waals surface area contributed by atoms with Crippen molar-refractivity contribution in [2.75, 3.05) is 19.0 Å². The van der Waals surface area contributed by atoms with E-state index >= 15 is 0 Å². The summed E-state index contributed by atoms with van der Waals surface area (Å²) in [6.07, 6.45) is 0.569. The van der Waals surface area contributed by atoms with Crippen LogP contribution in [-0.2, 0) is 6.42 Å². The minimum atomic E-state index is 0.336. The van der Waals surface area contributed by atoms with Crippen molar-refractivity contribution in [3.8, 4) is 5.75 Å². The molecular formula is C12H16N4O2. The van der Waals surface area contributed by atoms with Gasteiger partial charge in [-0.25, -0.2) is 0 Å².